The summed E-state index contributed by atoms with van der Waals surface area (Å²) in [5, 5.41) is 0. The minimum Gasteiger partial charge on any atom is -0.462 e. The number of ether oxygens (including phenoxy) is 1. The monoisotopic (exact) mass is 222 g/mol. The standard InChI is InChI=1S/C14H22O2/c1-6-7-14(15)16-10-13(12(4)5)9-8-11(2)3/h6-8,13H,4,9-10H2,1-3,5H3/b7-6+. The van der Waals surface area contributed by atoms with Gasteiger partial charge in [-0.3, -0.25) is 0 Å². The summed E-state index contributed by atoms with van der Waals surface area (Å²) < 4.78 is 5.12. The highest BCUT2D eigenvalue weighted by atomic mass is 16.5. The van der Waals surface area contributed by atoms with Crippen LogP contribution in [0.3, 0.4) is 0 Å². The van der Waals surface area contributed by atoms with Crippen molar-refractivity contribution in [3.8, 4) is 0 Å². The maximum Gasteiger partial charge on any atom is 0.330 e. The first kappa shape index (κ1) is 14.7. The van der Waals surface area contributed by atoms with Gasteiger partial charge in [0.1, 0.15) is 0 Å². The number of hydrogen-bond donors (Lipinski definition) is 0. The maximum absolute atomic E-state index is 11.2. The second-order valence-corrected chi connectivity index (χ2v) is 4.19. The fraction of sp³-hybridized carbons (Fsp3) is 0.500. The molecule has 0 aliphatic rings. The SMILES string of the molecule is C=C(C)C(CC=C(C)C)COC(=O)/C=C/C. The molecule has 0 fully saturated rings. The lowest BCUT2D eigenvalue weighted by atomic mass is 9.98. The quantitative estimate of drug-likeness (QED) is 0.389. The van der Waals surface area contributed by atoms with Crippen molar-refractivity contribution < 1.29 is 9.53 Å². The van der Waals surface area contributed by atoms with Gasteiger partial charge in [-0.05, 0) is 34.1 Å². The van der Waals surface area contributed by atoms with Crippen LogP contribution in [0.15, 0.2) is 36.0 Å². The highest BCUT2D eigenvalue weighted by molar-refractivity contribution is 5.81. The molecule has 0 heterocycles. The molecule has 0 rings (SSSR count). The third-order valence-corrected chi connectivity index (χ3v) is 2.24. The molecule has 1 unspecified atom stereocenters. The largest absolute Gasteiger partial charge is 0.462 e. The van der Waals surface area contributed by atoms with Crippen molar-refractivity contribution in [3.05, 3.63) is 36.0 Å². The Morgan fingerprint density at radius 2 is 2.00 bits per heavy atom. The Kier molecular flexibility index (Phi) is 7.27. The van der Waals surface area contributed by atoms with Crippen LogP contribution in [0.4, 0.5) is 0 Å². The van der Waals surface area contributed by atoms with Gasteiger partial charge in [0.2, 0.25) is 0 Å². The molecule has 0 radical (unpaired) electrons. The van der Waals surface area contributed by atoms with E-state index in [2.05, 4.69) is 26.5 Å². The van der Waals surface area contributed by atoms with Gasteiger partial charge in [-0.25, -0.2) is 4.79 Å². The molecule has 2 nitrogen and oxygen atoms in total. The highest BCUT2D eigenvalue weighted by Gasteiger charge is 2.10. The topological polar surface area (TPSA) is 26.3 Å². The molecule has 0 saturated heterocycles. The van der Waals surface area contributed by atoms with Gasteiger partial charge in [-0.2, -0.15) is 0 Å². The molecule has 1 atom stereocenters. The van der Waals surface area contributed by atoms with Crippen LogP contribution in [0, 0.1) is 5.92 Å². The van der Waals surface area contributed by atoms with E-state index in [9.17, 15) is 4.79 Å². The summed E-state index contributed by atoms with van der Waals surface area (Å²) in [6.07, 6.45) is 6.12. The first-order valence-electron chi connectivity index (χ1n) is 5.55. The molecule has 90 valence electrons. The fourth-order valence-corrected chi connectivity index (χ4v) is 1.16. The molecule has 0 spiro atoms. The molecular weight excluding hydrogens is 200 g/mol. The van der Waals surface area contributed by atoms with E-state index >= 15 is 0 Å². The van der Waals surface area contributed by atoms with E-state index < -0.39 is 0 Å². The van der Waals surface area contributed by atoms with Crippen LogP contribution in [0.2, 0.25) is 0 Å². The van der Waals surface area contributed by atoms with Gasteiger partial charge < -0.3 is 4.74 Å². The van der Waals surface area contributed by atoms with Crippen molar-refractivity contribution in [2.24, 2.45) is 5.92 Å². The Labute approximate surface area is 98.7 Å². The first-order chi connectivity index (χ1) is 7.47. The van der Waals surface area contributed by atoms with Crippen molar-refractivity contribution in [3.63, 3.8) is 0 Å². The minimum absolute atomic E-state index is 0.212. The molecule has 0 aromatic carbocycles. The van der Waals surface area contributed by atoms with Crippen LogP contribution >= 0.6 is 0 Å². The zero-order chi connectivity index (χ0) is 12.6. The molecule has 2 heteroatoms. The summed E-state index contributed by atoms with van der Waals surface area (Å²) in [5.74, 6) is -0.0740. The summed E-state index contributed by atoms with van der Waals surface area (Å²) in [4.78, 5) is 11.2. The van der Waals surface area contributed by atoms with E-state index in [-0.39, 0.29) is 11.9 Å². The molecule has 0 aliphatic carbocycles. The van der Waals surface area contributed by atoms with Crippen LogP contribution in [0.25, 0.3) is 0 Å². The van der Waals surface area contributed by atoms with Crippen molar-refractivity contribution in [1.29, 1.82) is 0 Å². The molecule has 0 aromatic rings. The van der Waals surface area contributed by atoms with Gasteiger partial charge >= 0.3 is 5.97 Å². The maximum atomic E-state index is 11.2. The molecule has 0 bridgehead atoms. The molecule has 0 aromatic heterocycles. The molecule has 0 N–H and O–H groups in total. The number of carbonyl (C=O) groups is 1. The van der Waals surface area contributed by atoms with Gasteiger partial charge in [0.15, 0.2) is 0 Å². The second-order valence-electron chi connectivity index (χ2n) is 4.19. The average Bonchev–Trinajstić information content (AvgIpc) is 2.17. The summed E-state index contributed by atoms with van der Waals surface area (Å²) in [7, 11) is 0. The van der Waals surface area contributed by atoms with E-state index in [1.165, 1.54) is 11.6 Å². The third-order valence-electron chi connectivity index (χ3n) is 2.24. The molecular formula is C14H22O2. The van der Waals surface area contributed by atoms with Crippen molar-refractivity contribution in [2.45, 2.75) is 34.1 Å². The summed E-state index contributed by atoms with van der Waals surface area (Å²) in [5.41, 5.74) is 2.32. The van der Waals surface area contributed by atoms with Crippen LogP contribution in [0.1, 0.15) is 34.1 Å². The van der Waals surface area contributed by atoms with Crippen molar-refractivity contribution in [2.75, 3.05) is 6.61 Å². The van der Waals surface area contributed by atoms with Crippen molar-refractivity contribution >= 4 is 5.97 Å². The predicted molar refractivity (Wildman–Crippen MR) is 68.1 cm³/mol. The number of carbonyl (C=O) groups excluding carboxylic acids is 1. The molecule has 0 aliphatic heterocycles. The predicted octanol–water partition coefficient (Wildman–Crippen LogP) is 3.65. The lowest BCUT2D eigenvalue weighted by molar-refractivity contribution is -0.138. The van der Waals surface area contributed by atoms with E-state index in [0.29, 0.717) is 6.61 Å². The van der Waals surface area contributed by atoms with Crippen LogP contribution in [0.5, 0.6) is 0 Å². The van der Waals surface area contributed by atoms with Gasteiger partial charge in [0.25, 0.3) is 0 Å². The first-order valence-corrected chi connectivity index (χ1v) is 5.55. The average molecular weight is 222 g/mol. The van der Waals surface area contributed by atoms with Gasteiger partial charge in [0.05, 0.1) is 6.61 Å². The fourth-order valence-electron chi connectivity index (χ4n) is 1.16. The molecule has 0 amide bonds. The molecule has 0 saturated carbocycles. The Morgan fingerprint density at radius 3 is 2.44 bits per heavy atom. The molecule has 16 heavy (non-hydrogen) atoms. The van der Waals surface area contributed by atoms with E-state index in [4.69, 9.17) is 4.74 Å². The second kappa shape index (κ2) is 7.91. The Balaban J connectivity index is 4.20. The zero-order valence-electron chi connectivity index (χ0n) is 10.7. The summed E-state index contributed by atoms with van der Waals surface area (Å²) in [6, 6.07) is 0. The lowest BCUT2D eigenvalue weighted by Crippen LogP contribution is -2.13. The smallest absolute Gasteiger partial charge is 0.330 e. The van der Waals surface area contributed by atoms with Crippen molar-refractivity contribution in [1.82, 2.24) is 0 Å². The van der Waals surface area contributed by atoms with Crippen LogP contribution in [-0.2, 0) is 9.53 Å². The van der Waals surface area contributed by atoms with Gasteiger partial charge in [0, 0.05) is 12.0 Å². The Morgan fingerprint density at radius 1 is 1.38 bits per heavy atom. The Hall–Kier alpha value is -1.31. The summed E-state index contributed by atoms with van der Waals surface area (Å²) in [6.45, 7) is 12.2. The van der Waals surface area contributed by atoms with Crippen LogP contribution in [-0.4, -0.2) is 12.6 Å². The van der Waals surface area contributed by atoms with Gasteiger partial charge in [-0.1, -0.05) is 29.9 Å². The zero-order valence-corrected chi connectivity index (χ0v) is 10.7. The highest BCUT2D eigenvalue weighted by Crippen LogP contribution is 2.15. The van der Waals surface area contributed by atoms with Crippen LogP contribution < -0.4 is 0 Å². The Bertz CT molecular complexity index is 294. The third kappa shape index (κ3) is 7.04. The van der Waals surface area contributed by atoms with E-state index in [1.807, 2.05) is 6.92 Å². The number of rotatable bonds is 6. The normalized spacial score (nSPS) is 12.2. The summed E-state index contributed by atoms with van der Waals surface area (Å²) >= 11 is 0. The van der Waals surface area contributed by atoms with Gasteiger partial charge in [-0.15, -0.1) is 0 Å². The number of esters is 1. The van der Waals surface area contributed by atoms with E-state index in [1.54, 1.807) is 13.0 Å². The number of hydrogen-bond acceptors (Lipinski definition) is 2. The number of allylic oxidation sites excluding steroid dienone is 3. The minimum atomic E-state index is -0.286. The lowest BCUT2D eigenvalue weighted by Gasteiger charge is -2.14. The van der Waals surface area contributed by atoms with E-state index in [0.717, 1.165) is 12.0 Å².